The number of hydrogen-bond donors (Lipinski definition) is 2. The number of carbonyl (C=O) groups is 2. The van der Waals surface area contributed by atoms with Gasteiger partial charge in [0.25, 0.3) is 5.91 Å². The summed E-state index contributed by atoms with van der Waals surface area (Å²) in [5.74, 6) is 0.263. The number of benzene rings is 1. The number of amides is 3. The molecule has 1 aromatic carbocycles. The smallest absolute Gasteiger partial charge is 0.319 e. The Balaban J connectivity index is 1.28. The molecule has 0 atom stereocenters. The van der Waals surface area contributed by atoms with Crippen LogP contribution >= 0.6 is 11.6 Å². The SMILES string of the molecule is O=C1Nc2c(Cl)cc3cc(C(=O)N4CCC(N5CCOCC5)CC4)oc3c2C2(CCCCC2)N1. The van der Waals surface area contributed by atoms with Gasteiger partial charge in [0.2, 0.25) is 0 Å². The second-order valence-corrected chi connectivity index (χ2v) is 10.4. The molecule has 4 aliphatic rings. The van der Waals surface area contributed by atoms with Crippen LogP contribution in [-0.4, -0.2) is 67.2 Å². The van der Waals surface area contributed by atoms with Crippen molar-refractivity contribution in [3.63, 3.8) is 0 Å². The topological polar surface area (TPSA) is 87.1 Å². The van der Waals surface area contributed by atoms with E-state index in [2.05, 4.69) is 15.5 Å². The molecule has 3 aliphatic heterocycles. The van der Waals surface area contributed by atoms with Crippen molar-refractivity contribution in [2.75, 3.05) is 44.7 Å². The van der Waals surface area contributed by atoms with Crippen LogP contribution in [0.2, 0.25) is 5.02 Å². The molecule has 1 spiro atoms. The average Bonchev–Trinajstić information content (AvgIpc) is 3.28. The number of ether oxygens (including phenoxy) is 1. The third-order valence-electron chi connectivity index (χ3n) is 8.06. The number of urea groups is 1. The van der Waals surface area contributed by atoms with Crippen molar-refractivity contribution in [1.82, 2.24) is 15.1 Å². The fourth-order valence-electron chi connectivity index (χ4n) is 6.32. The molecule has 1 aromatic heterocycles. The summed E-state index contributed by atoms with van der Waals surface area (Å²) in [6.07, 6.45) is 6.80. The molecule has 6 rings (SSSR count). The Labute approximate surface area is 203 Å². The van der Waals surface area contributed by atoms with E-state index in [1.165, 1.54) is 0 Å². The van der Waals surface area contributed by atoms with Gasteiger partial charge in [-0.25, -0.2) is 4.79 Å². The minimum Gasteiger partial charge on any atom is -0.450 e. The van der Waals surface area contributed by atoms with Crippen molar-refractivity contribution in [2.24, 2.45) is 0 Å². The number of nitrogens with zero attached hydrogens (tertiary/aromatic N) is 2. The Hall–Kier alpha value is -2.29. The first-order chi connectivity index (χ1) is 16.5. The van der Waals surface area contributed by atoms with E-state index in [-0.39, 0.29) is 11.9 Å². The van der Waals surface area contributed by atoms with Crippen LogP contribution in [0.25, 0.3) is 11.0 Å². The summed E-state index contributed by atoms with van der Waals surface area (Å²) in [6.45, 7) is 4.97. The highest BCUT2D eigenvalue weighted by Crippen LogP contribution is 2.49. The van der Waals surface area contributed by atoms with Crippen LogP contribution in [0.15, 0.2) is 16.5 Å². The summed E-state index contributed by atoms with van der Waals surface area (Å²) in [4.78, 5) is 30.3. The molecule has 1 aliphatic carbocycles. The minimum atomic E-state index is -0.506. The summed E-state index contributed by atoms with van der Waals surface area (Å²) in [7, 11) is 0. The molecule has 2 aromatic rings. The third-order valence-corrected chi connectivity index (χ3v) is 8.36. The first-order valence-electron chi connectivity index (χ1n) is 12.5. The zero-order chi connectivity index (χ0) is 23.3. The summed E-state index contributed by atoms with van der Waals surface area (Å²) in [5, 5.41) is 7.33. The number of fused-ring (bicyclic) bond motifs is 4. The van der Waals surface area contributed by atoms with Gasteiger partial charge in [-0.2, -0.15) is 0 Å². The second-order valence-electron chi connectivity index (χ2n) is 10.0. The zero-order valence-corrected chi connectivity index (χ0v) is 20.1. The van der Waals surface area contributed by atoms with Gasteiger partial charge in [0.1, 0.15) is 5.58 Å². The molecule has 1 saturated carbocycles. The third kappa shape index (κ3) is 3.76. The lowest BCUT2D eigenvalue weighted by Crippen LogP contribution is -2.52. The van der Waals surface area contributed by atoms with Gasteiger partial charge in [-0.05, 0) is 37.8 Å². The van der Waals surface area contributed by atoms with Gasteiger partial charge in [0.05, 0.1) is 29.5 Å². The van der Waals surface area contributed by atoms with Crippen LogP contribution in [-0.2, 0) is 10.3 Å². The van der Waals surface area contributed by atoms with Crippen molar-refractivity contribution in [2.45, 2.75) is 56.5 Å². The lowest BCUT2D eigenvalue weighted by atomic mass is 9.74. The van der Waals surface area contributed by atoms with Gasteiger partial charge < -0.3 is 24.7 Å². The van der Waals surface area contributed by atoms with Gasteiger partial charge in [0, 0.05) is 43.2 Å². The fourth-order valence-corrected chi connectivity index (χ4v) is 6.58. The molecule has 9 heteroatoms. The Kier molecular flexibility index (Phi) is 5.70. The number of anilines is 1. The maximum atomic E-state index is 13.4. The van der Waals surface area contributed by atoms with Crippen LogP contribution in [0.4, 0.5) is 10.5 Å². The number of carbonyl (C=O) groups excluding carboxylic acids is 2. The maximum Gasteiger partial charge on any atom is 0.319 e. The lowest BCUT2D eigenvalue weighted by molar-refractivity contribution is 0.00129. The van der Waals surface area contributed by atoms with Gasteiger partial charge in [0.15, 0.2) is 5.76 Å². The minimum absolute atomic E-state index is 0.0769. The van der Waals surface area contributed by atoms with Crippen LogP contribution in [0.1, 0.15) is 61.1 Å². The summed E-state index contributed by atoms with van der Waals surface area (Å²) in [5.41, 5.74) is 1.65. The lowest BCUT2D eigenvalue weighted by Gasteiger charge is -2.42. The van der Waals surface area contributed by atoms with Crippen molar-refractivity contribution in [1.29, 1.82) is 0 Å². The predicted octanol–water partition coefficient (Wildman–Crippen LogP) is 4.32. The number of nitrogens with one attached hydrogen (secondary N) is 2. The highest BCUT2D eigenvalue weighted by atomic mass is 35.5. The molecular weight excluding hydrogens is 456 g/mol. The molecular formula is C25H31ClN4O4. The summed E-state index contributed by atoms with van der Waals surface area (Å²) in [6, 6.07) is 3.88. The van der Waals surface area contributed by atoms with Crippen LogP contribution in [0.3, 0.4) is 0 Å². The van der Waals surface area contributed by atoms with E-state index >= 15 is 0 Å². The molecule has 182 valence electrons. The average molecular weight is 487 g/mol. The number of likely N-dealkylation sites (tertiary alicyclic amines) is 1. The molecule has 0 bridgehead atoms. The molecule has 34 heavy (non-hydrogen) atoms. The number of hydrogen-bond acceptors (Lipinski definition) is 5. The molecule has 2 saturated heterocycles. The van der Waals surface area contributed by atoms with E-state index in [9.17, 15) is 9.59 Å². The van der Waals surface area contributed by atoms with E-state index in [4.69, 9.17) is 20.8 Å². The molecule has 3 fully saturated rings. The number of morpholine rings is 1. The van der Waals surface area contributed by atoms with E-state index in [1.807, 2.05) is 11.0 Å². The highest BCUT2D eigenvalue weighted by molar-refractivity contribution is 6.35. The number of piperidine rings is 1. The van der Waals surface area contributed by atoms with E-state index < -0.39 is 5.54 Å². The van der Waals surface area contributed by atoms with Crippen LogP contribution < -0.4 is 10.6 Å². The maximum absolute atomic E-state index is 13.4. The Morgan fingerprint density at radius 2 is 1.79 bits per heavy atom. The van der Waals surface area contributed by atoms with E-state index in [1.54, 1.807) is 6.07 Å². The quantitative estimate of drug-likeness (QED) is 0.660. The summed E-state index contributed by atoms with van der Waals surface area (Å²) < 4.78 is 11.8. The number of halogens is 1. The fraction of sp³-hybridized carbons (Fsp3) is 0.600. The Morgan fingerprint density at radius 1 is 1.06 bits per heavy atom. The van der Waals surface area contributed by atoms with Gasteiger partial charge in [-0.15, -0.1) is 0 Å². The Bertz CT molecular complexity index is 1110. The van der Waals surface area contributed by atoms with Gasteiger partial charge in [-0.3, -0.25) is 9.69 Å². The van der Waals surface area contributed by atoms with Crippen LogP contribution in [0, 0.1) is 0 Å². The Morgan fingerprint density at radius 3 is 2.53 bits per heavy atom. The van der Waals surface area contributed by atoms with Gasteiger partial charge >= 0.3 is 6.03 Å². The zero-order valence-electron chi connectivity index (χ0n) is 19.3. The predicted molar refractivity (Wildman–Crippen MR) is 129 cm³/mol. The van der Waals surface area contributed by atoms with E-state index in [0.29, 0.717) is 28.1 Å². The largest absolute Gasteiger partial charge is 0.450 e. The highest BCUT2D eigenvalue weighted by Gasteiger charge is 2.44. The molecule has 4 heterocycles. The first-order valence-corrected chi connectivity index (χ1v) is 12.9. The second kappa shape index (κ2) is 8.73. The first kappa shape index (κ1) is 22.2. The molecule has 0 radical (unpaired) electrons. The molecule has 3 amide bonds. The van der Waals surface area contributed by atoms with Crippen molar-refractivity contribution in [3.8, 4) is 0 Å². The molecule has 2 N–H and O–H groups in total. The van der Waals surface area contributed by atoms with Crippen molar-refractivity contribution < 1.29 is 18.7 Å². The van der Waals surface area contributed by atoms with Crippen molar-refractivity contribution >= 4 is 40.2 Å². The normalized spacial score (nSPS) is 23.6. The van der Waals surface area contributed by atoms with Crippen molar-refractivity contribution in [3.05, 3.63) is 28.5 Å². The summed E-state index contributed by atoms with van der Waals surface area (Å²) >= 11 is 6.62. The van der Waals surface area contributed by atoms with Crippen LogP contribution in [0.5, 0.6) is 0 Å². The monoisotopic (exact) mass is 486 g/mol. The standard InChI is InChI=1S/C25H31ClN4O4/c26-18-14-16-15-19(23(31)30-8-4-17(5-9-30)29-10-12-33-13-11-29)34-22(16)20-21(18)27-24(32)28-25(20)6-2-1-3-7-25/h14-15,17H,1-13H2,(H2,27,28,32). The van der Waals surface area contributed by atoms with E-state index in [0.717, 1.165) is 95.3 Å². The number of furan rings is 1. The molecule has 8 nitrogen and oxygen atoms in total. The number of rotatable bonds is 2. The molecule has 0 unspecified atom stereocenters. The van der Waals surface area contributed by atoms with Gasteiger partial charge in [-0.1, -0.05) is 30.9 Å².